The van der Waals surface area contributed by atoms with Gasteiger partial charge in [-0.1, -0.05) is 24.3 Å². The molecule has 0 aliphatic heterocycles. The maximum absolute atomic E-state index is 13.0. The molecule has 0 atom stereocenters. The molecule has 2 heterocycles. The smallest absolute Gasteiger partial charge is 0.277 e. The fourth-order valence-corrected chi connectivity index (χ4v) is 3.49. The second kappa shape index (κ2) is 9.11. The van der Waals surface area contributed by atoms with Gasteiger partial charge in [-0.2, -0.15) is 5.10 Å². The standard InChI is InChI=1S/C23H25N5O3/c1-15-20-21(28(27-15)17-7-5-4-6-8-17)23(29)26-22(25-20)18-10-9-16(13-19(18)31-3)14-24-11-12-30-2/h4-10,13,24H,11-12,14H2,1-3H3,(H,25,26,29). The summed E-state index contributed by atoms with van der Waals surface area (Å²) < 4.78 is 12.3. The number of ether oxygens (including phenoxy) is 2. The number of rotatable bonds is 8. The molecule has 2 aromatic heterocycles. The molecule has 0 aliphatic carbocycles. The summed E-state index contributed by atoms with van der Waals surface area (Å²) in [6.07, 6.45) is 0. The van der Waals surface area contributed by atoms with E-state index in [0.717, 1.165) is 17.8 Å². The van der Waals surface area contributed by atoms with Gasteiger partial charge in [-0.3, -0.25) is 4.79 Å². The molecule has 0 radical (unpaired) electrons. The van der Waals surface area contributed by atoms with Gasteiger partial charge in [0.1, 0.15) is 17.1 Å². The molecule has 0 bridgehead atoms. The molecule has 0 saturated heterocycles. The summed E-state index contributed by atoms with van der Waals surface area (Å²) >= 11 is 0. The summed E-state index contributed by atoms with van der Waals surface area (Å²) in [5, 5.41) is 7.85. The van der Waals surface area contributed by atoms with E-state index < -0.39 is 0 Å². The zero-order valence-corrected chi connectivity index (χ0v) is 17.8. The molecular formula is C23H25N5O3. The number of H-pyrrole nitrogens is 1. The fraction of sp³-hybridized carbons (Fsp3) is 0.261. The molecule has 0 spiro atoms. The molecule has 0 unspecified atom stereocenters. The molecule has 0 fully saturated rings. The quantitative estimate of drug-likeness (QED) is 0.427. The highest BCUT2D eigenvalue weighted by molar-refractivity contribution is 5.81. The van der Waals surface area contributed by atoms with E-state index in [-0.39, 0.29) is 5.56 Å². The van der Waals surface area contributed by atoms with Crippen molar-refractivity contribution in [1.82, 2.24) is 25.1 Å². The van der Waals surface area contributed by atoms with Gasteiger partial charge in [-0.25, -0.2) is 9.67 Å². The second-order valence-corrected chi connectivity index (χ2v) is 7.15. The summed E-state index contributed by atoms with van der Waals surface area (Å²) in [5.41, 5.74) is 4.01. The number of hydrogen-bond donors (Lipinski definition) is 2. The first kappa shape index (κ1) is 20.8. The minimum absolute atomic E-state index is 0.253. The number of benzene rings is 2. The SMILES string of the molecule is COCCNCc1ccc(-c2nc3c(C)nn(-c4ccccc4)c3c(=O)[nH]2)c(OC)c1. The summed E-state index contributed by atoms with van der Waals surface area (Å²) in [4.78, 5) is 20.7. The molecule has 8 heteroatoms. The lowest BCUT2D eigenvalue weighted by Crippen LogP contribution is -2.18. The first-order chi connectivity index (χ1) is 15.1. The van der Waals surface area contributed by atoms with E-state index in [0.29, 0.717) is 47.0 Å². The van der Waals surface area contributed by atoms with E-state index in [1.165, 1.54) is 0 Å². The average Bonchev–Trinajstić information content (AvgIpc) is 3.14. The van der Waals surface area contributed by atoms with Crippen molar-refractivity contribution < 1.29 is 9.47 Å². The molecule has 2 aromatic carbocycles. The molecule has 31 heavy (non-hydrogen) atoms. The lowest BCUT2D eigenvalue weighted by Gasteiger charge is -2.11. The largest absolute Gasteiger partial charge is 0.496 e. The third-order valence-corrected chi connectivity index (χ3v) is 5.03. The lowest BCUT2D eigenvalue weighted by molar-refractivity contribution is 0.199. The van der Waals surface area contributed by atoms with Crippen molar-refractivity contribution in [2.45, 2.75) is 13.5 Å². The van der Waals surface area contributed by atoms with Crippen molar-refractivity contribution in [1.29, 1.82) is 0 Å². The van der Waals surface area contributed by atoms with Crippen LogP contribution >= 0.6 is 0 Å². The van der Waals surface area contributed by atoms with Gasteiger partial charge < -0.3 is 19.8 Å². The molecule has 8 nitrogen and oxygen atoms in total. The Balaban J connectivity index is 1.74. The molecule has 2 N–H and O–H groups in total. The van der Waals surface area contributed by atoms with E-state index in [4.69, 9.17) is 14.5 Å². The lowest BCUT2D eigenvalue weighted by atomic mass is 10.1. The Morgan fingerprint density at radius 3 is 2.68 bits per heavy atom. The van der Waals surface area contributed by atoms with E-state index in [9.17, 15) is 4.79 Å². The van der Waals surface area contributed by atoms with Gasteiger partial charge in [0, 0.05) is 20.2 Å². The number of aromatic nitrogens is 4. The normalized spacial score (nSPS) is 11.2. The average molecular weight is 419 g/mol. The van der Waals surface area contributed by atoms with Crippen molar-refractivity contribution in [3.8, 4) is 22.8 Å². The number of nitrogens with one attached hydrogen (secondary N) is 2. The van der Waals surface area contributed by atoms with Crippen LogP contribution in [0.2, 0.25) is 0 Å². The van der Waals surface area contributed by atoms with Crippen molar-refractivity contribution >= 4 is 11.0 Å². The topological polar surface area (TPSA) is 94.1 Å². The zero-order valence-electron chi connectivity index (χ0n) is 17.8. The Hall–Kier alpha value is -3.49. The highest BCUT2D eigenvalue weighted by Crippen LogP contribution is 2.29. The van der Waals surface area contributed by atoms with E-state index in [2.05, 4.69) is 15.4 Å². The fourth-order valence-electron chi connectivity index (χ4n) is 3.49. The summed E-state index contributed by atoms with van der Waals surface area (Å²) in [5.74, 6) is 1.09. The van der Waals surface area contributed by atoms with Crippen molar-refractivity contribution in [2.24, 2.45) is 0 Å². The van der Waals surface area contributed by atoms with Crippen LogP contribution in [0.25, 0.3) is 28.1 Å². The molecule has 0 saturated carbocycles. The van der Waals surface area contributed by atoms with Crippen molar-refractivity contribution in [3.05, 3.63) is 70.1 Å². The van der Waals surface area contributed by atoms with Gasteiger partial charge in [-0.15, -0.1) is 0 Å². The molecule has 4 rings (SSSR count). The number of para-hydroxylation sites is 1. The predicted octanol–water partition coefficient (Wildman–Crippen LogP) is 2.83. The maximum Gasteiger partial charge on any atom is 0.277 e. The van der Waals surface area contributed by atoms with Gasteiger partial charge in [0.2, 0.25) is 0 Å². The number of methoxy groups -OCH3 is 2. The summed E-state index contributed by atoms with van der Waals surface area (Å²) in [6, 6.07) is 15.4. The molecule has 0 aliphatic rings. The first-order valence-electron chi connectivity index (χ1n) is 10.0. The number of aromatic amines is 1. The van der Waals surface area contributed by atoms with E-state index >= 15 is 0 Å². The van der Waals surface area contributed by atoms with Gasteiger partial charge in [0.25, 0.3) is 5.56 Å². The van der Waals surface area contributed by atoms with Crippen LogP contribution in [0, 0.1) is 6.92 Å². The molecule has 160 valence electrons. The van der Waals surface area contributed by atoms with Gasteiger partial charge in [0.15, 0.2) is 5.52 Å². The van der Waals surface area contributed by atoms with Crippen LogP contribution in [0.15, 0.2) is 53.3 Å². The highest BCUT2D eigenvalue weighted by Gasteiger charge is 2.18. The molecule has 0 amide bonds. The first-order valence-corrected chi connectivity index (χ1v) is 10.0. The van der Waals surface area contributed by atoms with Crippen molar-refractivity contribution in [3.63, 3.8) is 0 Å². The van der Waals surface area contributed by atoms with Gasteiger partial charge in [0.05, 0.1) is 30.7 Å². The minimum atomic E-state index is -0.253. The van der Waals surface area contributed by atoms with Crippen LogP contribution in [-0.2, 0) is 11.3 Å². The van der Waals surface area contributed by atoms with Crippen LogP contribution in [0.4, 0.5) is 0 Å². The van der Waals surface area contributed by atoms with Crippen LogP contribution in [0.5, 0.6) is 5.75 Å². The number of nitrogens with zero attached hydrogens (tertiary/aromatic N) is 3. The van der Waals surface area contributed by atoms with Crippen LogP contribution < -0.4 is 15.6 Å². The number of aryl methyl sites for hydroxylation is 1. The van der Waals surface area contributed by atoms with Gasteiger partial charge in [-0.05, 0) is 36.8 Å². The Morgan fingerprint density at radius 1 is 1.13 bits per heavy atom. The monoisotopic (exact) mass is 419 g/mol. The Bertz CT molecular complexity index is 1250. The van der Waals surface area contributed by atoms with Crippen LogP contribution in [0.3, 0.4) is 0 Å². The minimum Gasteiger partial charge on any atom is -0.496 e. The van der Waals surface area contributed by atoms with Crippen molar-refractivity contribution in [2.75, 3.05) is 27.4 Å². The highest BCUT2D eigenvalue weighted by atomic mass is 16.5. The summed E-state index contributed by atoms with van der Waals surface area (Å²) in [7, 11) is 3.28. The Morgan fingerprint density at radius 2 is 1.94 bits per heavy atom. The number of hydrogen-bond acceptors (Lipinski definition) is 6. The Kier molecular flexibility index (Phi) is 6.11. The third kappa shape index (κ3) is 4.21. The predicted molar refractivity (Wildman–Crippen MR) is 120 cm³/mol. The van der Waals surface area contributed by atoms with E-state index in [1.807, 2.05) is 55.5 Å². The number of fused-ring (bicyclic) bond motifs is 1. The summed E-state index contributed by atoms with van der Waals surface area (Å²) in [6.45, 7) is 3.95. The van der Waals surface area contributed by atoms with E-state index in [1.54, 1.807) is 18.9 Å². The zero-order chi connectivity index (χ0) is 21.8. The third-order valence-electron chi connectivity index (χ3n) is 5.03. The second-order valence-electron chi connectivity index (χ2n) is 7.15. The molecule has 4 aromatic rings. The van der Waals surface area contributed by atoms with Crippen LogP contribution in [-0.4, -0.2) is 47.1 Å². The maximum atomic E-state index is 13.0. The van der Waals surface area contributed by atoms with Crippen LogP contribution in [0.1, 0.15) is 11.3 Å². The Labute approximate surface area is 179 Å². The molecular weight excluding hydrogens is 394 g/mol. The van der Waals surface area contributed by atoms with Gasteiger partial charge >= 0.3 is 0 Å².